The molecule has 1 N–H and O–H groups in total. The summed E-state index contributed by atoms with van der Waals surface area (Å²) >= 11 is 0. The number of nitrogens with zero attached hydrogens (tertiary/aromatic N) is 3. The van der Waals surface area contributed by atoms with Gasteiger partial charge in [-0.1, -0.05) is 0 Å². The van der Waals surface area contributed by atoms with Crippen molar-refractivity contribution in [2.45, 2.75) is 6.42 Å². The van der Waals surface area contributed by atoms with Gasteiger partial charge in [0.1, 0.15) is 5.65 Å². The van der Waals surface area contributed by atoms with Crippen LogP contribution in [-0.4, -0.2) is 34.7 Å². The van der Waals surface area contributed by atoms with Crippen molar-refractivity contribution in [2.24, 2.45) is 4.99 Å². The number of hydrogen-bond acceptors (Lipinski definition) is 3. The molecule has 4 nitrogen and oxygen atoms in total. The molecule has 2 aliphatic heterocycles. The molecular weight excluding hydrogens is 224 g/mol. The van der Waals surface area contributed by atoms with Crippen molar-refractivity contribution in [3.05, 3.63) is 47.4 Å². The van der Waals surface area contributed by atoms with Gasteiger partial charge >= 0.3 is 0 Å². The largest absolute Gasteiger partial charge is 0.312 e. The van der Waals surface area contributed by atoms with E-state index < -0.39 is 0 Å². The third kappa shape index (κ3) is 1.42. The van der Waals surface area contributed by atoms with E-state index in [0.29, 0.717) is 0 Å². The molecule has 4 heteroatoms. The van der Waals surface area contributed by atoms with Crippen molar-refractivity contribution in [2.75, 3.05) is 19.6 Å². The lowest BCUT2D eigenvalue weighted by Crippen LogP contribution is -2.27. The summed E-state index contributed by atoms with van der Waals surface area (Å²) in [5.41, 5.74) is 6.24. The Morgan fingerprint density at radius 1 is 1.28 bits per heavy atom. The Morgan fingerprint density at radius 2 is 2.28 bits per heavy atom. The molecule has 2 aliphatic rings. The van der Waals surface area contributed by atoms with Gasteiger partial charge in [0.2, 0.25) is 0 Å². The molecular formula is C14H14N4. The summed E-state index contributed by atoms with van der Waals surface area (Å²) in [7, 11) is 0. The van der Waals surface area contributed by atoms with Crippen LogP contribution in [-0.2, 0) is 0 Å². The van der Waals surface area contributed by atoms with E-state index in [-0.39, 0.29) is 0 Å². The van der Waals surface area contributed by atoms with Gasteiger partial charge in [-0.3, -0.25) is 4.99 Å². The maximum Gasteiger partial charge on any atom is 0.136 e. The maximum absolute atomic E-state index is 4.71. The molecule has 0 fully saturated rings. The van der Waals surface area contributed by atoms with E-state index in [4.69, 9.17) is 4.99 Å². The number of aliphatic imine (C=N–C) groups is 1. The van der Waals surface area contributed by atoms with Crippen LogP contribution in [0.5, 0.6) is 0 Å². The summed E-state index contributed by atoms with van der Waals surface area (Å²) in [6, 6.07) is 4.17. The summed E-state index contributed by atoms with van der Waals surface area (Å²) in [5.74, 6) is 0. The molecule has 0 amide bonds. The predicted molar refractivity (Wildman–Crippen MR) is 71.1 cm³/mol. The van der Waals surface area contributed by atoms with Gasteiger partial charge in [0.25, 0.3) is 0 Å². The molecule has 0 saturated heterocycles. The highest BCUT2D eigenvalue weighted by Gasteiger charge is 2.22. The second-order valence-corrected chi connectivity index (χ2v) is 4.78. The highest BCUT2D eigenvalue weighted by atomic mass is 15.0. The molecule has 0 radical (unpaired) electrons. The Balaban J connectivity index is 1.80. The molecule has 0 spiro atoms. The third-order valence-corrected chi connectivity index (χ3v) is 3.71. The molecule has 0 unspecified atom stereocenters. The first-order valence-electron chi connectivity index (χ1n) is 6.31. The number of nitrogens with one attached hydrogen (secondary N) is 1. The van der Waals surface area contributed by atoms with Gasteiger partial charge in [-0.05, 0) is 36.2 Å². The van der Waals surface area contributed by atoms with Crippen molar-refractivity contribution in [3.8, 4) is 0 Å². The van der Waals surface area contributed by atoms with Gasteiger partial charge in [0, 0.05) is 30.7 Å². The fraction of sp³-hybridized carbons (Fsp3) is 0.286. The summed E-state index contributed by atoms with van der Waals surface area (Å²) in [4.78, 5) is 8.98. The molecule has 90 valence electrons. The minimum atomic E-state index is 0.883. The maximum atomic E-state index is 4.71. The average molecular weight is 238 g/mol. The standard InChI is InChI=1S/C14H14N4/c1-2-13-16-5-6-18(13)9-11(1)14-12-8-15-4-3-10(12)7-17-14/h1-2,5-6,9,15H,3-4,7-8H2. The lowest BCUT2D eigenvalue weighted by atomic mass is 9.97. The molecule has 0 bridgehead atoms. The van der Waals surface area contributed by atoms with E-state index in [1.807, 2.05) is 22.9 Å². The second kappa shape index (κ2) is 3.78. The zero-order chi connectivity index (χ0) is 11.9. The number of pyridine rings is 1. The Morgan fingerprint density at radius 3 is 3.28 bits per heavy atom. The first-order chi connectivity index (χ1) is 8.92. The molecule has 4 rings (SSSR count). The number of imidazole rings is 1. The molecule has 2 aromatic heterocycles. The van der Waals surface area contributed by atoms with Crippen LogP contribution >= 0.6 is 0 Å². The van der Waals surface area contributed by atoms with Crippen LogP contribution in [0.25, 0.3) is 5.65 Å². The minimum Gasteiger partial charge on any atom is -0.312 e. The number of hydrogen-bond donors (Lipinski definition) is 1. The summed E-state index contributed by atoms with van der Waals surface area (Å²) in [6.45, 7) is 2.92. The first kappa shape index (κ1) is 10.0. The van der Waals surface area contributed by atoms with Gasteiger partial charge in [0.15, 0.2) is 0 Å². The van der Waals surface area contributed by atoms with Crippen molar-refractivity contribution >= 4 is 11.4 Å². The molecule has 0 aliphatic carbocycles. The second-order valence-electron chi connectivity index (χ2n) is 4.78. The van der Waals surface area contributed by atoms with Crippen LogP contribution in [0.1, 0.15) is 12.0 Å². The third-order valence-electron chi connectivity index (χ3n) is 3.71. The number of rotatable bonds is 1. The summed E-state index contributed by atoms with van der Waals surface area (Å²) < 4.78 is 2.05. The zero-order valence-corrected chi connectivity index (χ0v) is 10.1. The minimum absolute atomic E-state index is 0.883. The van der Waals surface area contributed by atoms with E-state index in [1.165, 1.54) is 16.7 Å². The zero-order valence-electron chi connectivity index (χ0n) is 10.1. The van der Waals surface area contributed by atoms with Crippen LogP contribution in [0.3, 0.4) is 0 Å². The predicted octanol–water partition coefficient (Wildman–Crippen LogP) is 1.43. The summed E-state index contributed by atoms with van der Waals surface area (Å²) in [5, 5.41) is 3.43. The van der Waals surface area contributed by atoms with E-state index in [1.54, 1.807) is 0 Å². The Labute approximate surface area is 105 Å². The van der Waals surface area contributed by atoms with Crippen LogP contribution in [0.4, 0.5) is 0 Å². The van der Waals surface area contributed by atoms with Gasteiger partial charge in [-0.2, -0.15) is 0 Å². The quantitative estimate of drug-likeness (QED) is 0.816. The normalized spacial score (nSPS) is 19.2. The fourth-order valence-corrected chi connectivity index (χ4v) is 2.75. The average Bonchev–Trinajstić information content (AvgIpc) is 3.04. The molecule has 18 heavy (non-hydrogen) atoms. The van der Waals surface area contributed by atoms with Crippen LogP contribution < -0.4 is 5.32 Å². The highest BCUT2D eigenvalue weighted by molar-refractivity contribution is 6.14. The Hall–Kier alpha value is -1.94. The number of fused-ring (bicyclic) bond motifs is 1. The monoisotopic (exact) mass is 238 g/mol. The highest BCUT2D eigenvalue weighted by Crippen LogP contribution is 2.24. The molecule has 0 saturated carbocycles. The summed E-state index contributed by atoms with van der Waals surface area (Å²) in [6.07, 6.45) is 7.05. The lowest BCUT2D eigenvalue weighted by Gasteiger charge is -2.16. The van der Waals surface area contributed by atoms with E-state index in [2.05, 4.69) is 22.6 Å². The van der Waals surface area contributed by atoms with Crippen LogP contribution in [0, 0.1) is 0 Å². The lowest BCUT2D eigenvalue weighted by molar-refractivity contribution is 0.691. The Kier molecular flexibility index (Phi) is 2.11. The topological polar surface area (TPSA) is 41.7 Å². The molecule has 0 atom stereocenters. The van der Waals surface area contributed by atoms with Gasteiger partial charge in [-0.15, -0.1) is 0 Å². The van der Waals surface area contributed by atoms with Crippen molar-refractivity contribution < 1.29 is 0 Å². The first-order valence-corrected chi connectivity index (χ1v) is 6.31. The van der Waals surface area contributed by atoms with Crippen molar-refractivity contribution in [1.82, 2.24) is 14.7 Å². The van der Waals surface area contributed by atoms with Crippen molar-refractivity contribution in [3.63, 3.8) is 0 Å². The van der Waals surface area contributed by atoms with E-state index in [9.17, 15) is 0 Å². The SMILES string of the molecule is c1cn2cc(C3=NCC4=C3CNCC4)ccc2n1. The van der Waals surface area contributed by atoms with Gasteiger partial charge in [-0.25, -0.2) is 4.98 Å². The van der Waals surface area contributed by atoms with Gasteiger partial charge < -0.3 is 9.72 Å². The molecule has 2 aromatic rings. The molecule has 4 heterocycles. The molecule has 0 aromatic carbocycles. The fourth-order valence-electron chi connectivity index (χ4n) is 2.75. The van der Waals surface area contributed by atoms with Gasteiger partial charge in [0.05, 0.1) is 12.3 Å². The van der Waals surface area contributed by atoms with E-state index >= 15 is 0 Å². The Bertz CT molecular complexity index is 678. The van der Waals surface area contributed by atoms with Crippen LogP contribution in [0.15, 0.2) is 46.9 Å². The van der Waals surface area contributed by atoms with E-state index in [0.717, 1.165) is 37.4 Å². The van der Waals surface area contributed by atoms with Crippen LogP contribution in [0.2, 0.25) is 0 Å². The van der Waals surface area contributed by atoms with Crippen molar-refractivity contribution in [1.29, 1.82) is 0 Å². The smallest absolute Gasteiger partial charge is 0.136 e. The number of aromatic nitrogens is 2.